The number of hydrogen-bond acceptors (Lipinski definition) is 15. The van der Waals surface area contributed by atoms with Crippen LogP contribution < -0.4 is 42.5 Å². The van der Waals surface area contributed by atoms with Crippen LogP contribution in [-0.2, 0) is 0 Å². The Kier molecular flexibility index (Phi) is 18.2. The van der Waals surface area contributed by atoms with Gasteiger partial charge in [0.1, 0.15) is 19.4 Å². The van der Waals surface area contributed by atoms with Crippen LogP contribution in [0.1, 0.15) is 81.4 Å². The summed E-state index contributed by atoms with van der Waals surface area (Å²) in [4.78, 5) is 32.7. The number of carboxylic acid groups (broad SMARTS) is 1. The SMILES string of the molecule is C[C@H]1CCN(c2ccccc2)C1.C[C@H]1CCNC1.Cc1nnc2sc(C(=O)NC3CCN(c4ccccc4)C3)c(N)c2c1C.Cc1nnc2sc(C(=O)O)c(N)c2c1C.N[C@H]1CCN(c2ccccc2)C1. The van der Waals surface area contributed by atoms with Gasteiger partial charge >= 0.3 is 5.97 Å². The first kappa shape index (κ1) is 52.4. The Labute approximate surface area is 425 Å². The molecule has 0 saturated carbocycles. The molecule has 1 amide bonds. The number of aryl methyl sites for hydroxylation is 4. The molecule has 4 aliphatic heterocycles. The molecule has 4 atom stereocenters. The van der Waals surface area contributed by atoms with Crippen molar-refractivity contribution in [1.29, 1.82) is 0 Å². The van der Waals surface area contributed by atoms with E-state index in [1.807, 2.05) is 52.0 Å². The summed E-state index contributed by atoms with van der Waals surface area (Å²) in [5.41, 5.74) is 26.0. The first-order valence-electron chi connectivity index (χ1n) is 24.6. The van der Waals surface area contributed by atoms with E-state index >= 15 is 0 Å². The third-order valence-corrected chi connectivity index (χ3v) is 15.7. The third kappa shape index (κ3) is 13.5. The van der Waals surface area contributed by atoms with Crippen LogP contribution in [0.15, 0.2) is 91.0 Å². The maximum atomic E-state index is 12.8. The molecule has 0 aliphatic carbocycles. The van der Waals surface area contributed by atoms with Crippen LogP contribution in [0, 0.1) is 39.5 Å². The van der Waals surface area contributed by atoms with Gasteiger partial charge in [0, 0.05) is 79.2 Å². The van der Waals surface area contributed by atoms with Crippen LogP contribution in [0.3, 0.4) is 0 Å². The second-order valence-electron chi connectivity index (χ2n) is 19.0. The lowest BCUT2D eigenvalue weighted by atomic mass is 10.1. The van der Waals surface area contributed by atoms with Crippen LogP contribution in [0.2, 0.25) is 0 Å². The molecule has 4 saturated heterocycles. The molecule has 11 rings (SSSR count). The van der Waals surface area contributed by atoms with E-state index in [0.29, 0.717) is 31.7 Å². The molecular weight excluding hydrogens is 929 g/mol. The fourth-order valence-corrected chi connectivity index (χ4v) is 11.0. The molecule has 15 nitrogen and oxygen atoms in total. The number of fused-ring (bicyclic) bond motifs is 2. The van der Waals surface area contributed by atoms with Gasteiger partial charge < -0.3 is 47.6 Å². The number of carbonyl (C=O) groups is 2. The van der Waals surface area contributed by atoms with Crippen molar-refractivity contribution in [3.63, 3.8) is 0 Å². The first-order chi connectivity index (χ1) is 34.2. The van der Waals surface area contributed by atoms with Gasteiger partial charge in [0.2, 0.25) is 0 Å². The molecule has 9 N–H and O–H groups in total. The van der Waals surface area contributed by atoms with Gasteiger partial charge in [-0.2, -0.15) is 10.2 Å². The van der Waals surface area contributed by atoms with Gasteiger partial charge in [-0.3, -0.25) is 4.79 Å². The molecule has 1 unspecified atom stereocenters. The maximum absolute atomic E-state index is 12.8. The number of aromatic carboxylic acids is 1. The minimum atomic E-state index is -1.02. The number of nitrogens with zero attached hydrogens (tertiary/aromatic N) is 7. The number of thiophene rings is 2. The largest absolute Gasteiger partial charge is 0.477 e. The monoisotopic (exact) mass is 999 g/mol. The molecule has 7 aromatic rings. The number of aromatic nitrogens is 4. The van der Waals surface area contributed by atoms with Gasteiger partial charge in [-0.05, 0) is 126 Å². The van der Waals surface area contributed by atoms with E-state index in [4.69, 9.17) is 22.3 Å². The summed E-state index contributed by atoms with van der Waals surface area (Å²) in [5, 5.41) is 33.1. The summed E-state index contributed by atoms with van der Waals surface area (Å²) in [6.07, 6.45) is 4.76. The number of hydrogen-bond donors (Lipinski definition) is 6. The minimum Gasteiger partial charge on any atom is -0.477 e. The highest BCUT2D eigenvalue weighted by Gasteiger charge is 2.27. The molecule has 4 aromatic heterocycles. The molecule has 0 radical (unpaired) electrons. The van der Waals surface area contributed by atoms with Gasteiger partial charge in [-0.1, -0.05) is 68.4 Å². The van der Waals surface area contributed by atoms with E-state index < -0.39 is 5.97 Å². The minimum absolute atomic E-state index is 0.112. The zero-order valence-electron chi connectivity index (χ0n) is 41.9. The number of rotatable bonds is 6. The lowest BCUT2D eigenvalue weighted by Gasteiger charge is -2.18. The van der Waals surface area contributed by atoms with E-state index in [-0.39, 0.29) is 22.5 Å². The highest BCUT2D eigenvalue weighted by atomic mass is 32.1. The van der Waals surface area contributed by atoms with Gasteiger partial charge in [0.25, 0.3) is 5.91 Å². The van der Waals surface area contributed by atoms with Crippen LogP contribution >= 0.6 is 22.7 Å². The van der Waals surface area contributed by atoms with Gasteiger partial charge in [0.05, 0.1) is 22.8 Å². The van der Waals surface area contributed by atoms with E-state index in [9.17, 15) is 9.59 Å². The Hall–Kier alpha value is -6.40. The van der Waals surface area contributed by atoms with E-state index in [1.165, 1.54) is 67.4 Å². The van der Waals surface area contributed by atoms with Gasteiger partial charge in [-0.15, -0.1) is 32.9 Å². The molecule has 376 valence electrons. The smallest absolute Gasteiger partial charge is 0.348 e. The summed E-state index contributed by atoms with van der Waals surface area (Å²) >= 11 is 2.37. The third-order valence-electron chi connectivity index (χ3n) is 13.5. The number of anilines is 5. The standard InChI is InChI=1S/C19H21N5OS.C11H15N.C10H14N2.C9H9N3O2S.C5H11N/c1-11-12(2)22-23-19-15(11)16(20)17(26-19)18(25)21-13-8-9-24(10-13)14-6-4-3-5-7-14;1-10-7-8-12(9-10)11-5-3-2-4-6-11;11-9-6-7-12(8-9)10-4-2-1-3-5-10;1-3-4(2)11-12-8-5(3)6(10)7(15-8)9(13)14;1-5-2-3-6-4-5/h3-7,13H,8-10,20H2,1-2H3,(H,21,25);2-6,10H,7-9H2,1H3;1-5,9H,6-8,11H2;10H2,1-2H3,(H,13,14);5-6H,2-4H2,1H3/t;10-;9-;;5-/m.00.0/s1. The Bertz CT molecular complexity index is 2780. The Morgan fingerprint density at radius 2 is 1.08 bits per heavy atom. The fraction of sp³-hybridized carbons (Fsp3) is 0.407. The quantitative estimate of drug-likeness (QED) is 0.0918. The number of nitrogens with one attached hydrogen (secondary N) is 2. The predicted octanol–water partition coefficient (Wildman–Crippen LogP) is 8.86. The summed E-state index contributed by atoms with van der Waals surface area (Å²) in [5.74, 6) is 0.658. The van der Waals surface area contributed by atoms with Crippen LogP contribution in [0.5, 0.6) is 0 Å². The van der Waals surface area contributed by atoms with Crippen molar-refractivity contribution in [3.8, 4) is 0 Å². The number of para-hydroxylation sites is 3. The Balaban J connectivity index is 0.000000141. The zero-order valence-corrected chi connectivity index (χ0v) is 43.5. The number of carboxylic acids is 1. The Morgan fingerprint density at radius 3 is 1.51 bits per heavy atom. The second-order valence-corrected chi connectivity index (χ2v) is 21.0. The van der Waals surface area contributed by atoms with Crippen LogP contribution in [0.4, 0.5) is 28.4 Å². The highest BCUT2D eigenvalue weighted by molar-refractivity contribution is 7.21. The second kappa shape index (κ2) is 24.6. The van der Waals surface area contributed by atoms with Gasteiger partial charge in [0.15, 0.2) is 0 Å². The number of carbonyl (C=O) groups excluding carboxylic acids is 1. The summed E-state index contributed by atoms with van der Waals surface area (Å²) in [6, 6.07) is 31.9. The number of benzene rings is 3. The van der Waals surface area contributed by atoms with E-state index in [0.717, 1.165) is 90.1 Å². The molecule has 3 aromatic carbocycles. The molecule has 4 fully saturated rings. The molecule has 0 spiro atoms. The molecular formula is C54H70N12O3S2. The Morgan fingerprint density at radius 1 is 0.620 bits per heavy atom. The van der Waals surface area contributed by atoms with Crippen LogP contribution in [0.25, 0.3) is 20.4 Å². The average Bonchev–Trinajstić information content (AvgIpc) is 4.27. The van der Waals surface area contributed by atoms with Crippen molar-refractivity contribution >= 4 is 83.4 Å². The predicted molar refractivity (Wildman–Crippen MR) is 294 cm³/mol. The molecule has 8 heterocycles. The number of nitrogen functional groups attached to an aromatic ring is 2. The molecule has 4 aliphatic rings. The van der Waals surface area contributed by atoms with Crippen LogP contribution in [-0.4, -0.2) is 102 Å². The molecule has 0 bridgehead atoms. The number of amides is 1. The highest BCUT2D eigenvalue weighted by Crippen LogP contribution is 2.36. The zero-order chi connectivity index (χ0) is 50.6. The summed E-state index contributed by atoms with van der Waals surface area (Å²) < 4.78 is 0. The lowest BCUT2D eigenvalue weighted by molar-refractivity contribution is 0.0703. The first-order valence-corrected chi connectivity index (χ1v) is 26.3. The van der Waals surface area contributed by atoms with Crippen molar-refractivity contribution in [2.75, 3.05) is 78.5 Å². The molecule has 71 heavy (non-hydrogen) atoms. The van der Waals surface area contributed by atoms with Crippen molar-refractivity contribution < 1.29 is 14.7 Å². The summed E-state index contributed by atoms with van der Waals surface area (Å²) in [7, 11) is 0. The average molecular weight is 999 g/mol. The maximum Gasteiger partial charge on any atom is 0.348 e. The topological polar surface area (TPSA) is 218 Å². The van der Waals surface area contributed by atoms with Crippen molar-refractivity contribution in [2.45, 2.75) is 79.3 Å². The van der Waals surface area contributed by atoms with Gasteiger partial charge in [-0.25, -0.2) is 4.79 Å². The fourth-order valence-electron chi connectivity index (χ4n) is 9.08. The van der Waals surface area contributed by atoms with Crippen molar-refractivity contribution in [2.24, 2.45) is 17.6 Å². The summed E-state index contributed by atoms with van der Waals surface area (Å²) in [6.45, 7) is 20.9. The lowest BCUT2D eigenvalue weighted by Crippen LogP contribution is -2.37. The molecule has 17 heteroatoms. The number of nitrogens with two attached hydrogens (primary N) is 3. The normalized spacial score (nSPS) is 19.2. The van der Waals surface area contributed by atoms with Crippen molar-refractivity contribution in [3.05, 3.63) is 123 Å². The van der Waals surface area contributed by atoms with Crippen molar-refractivity contribution in [1.82, 2.24) is 31.0 Å². The van der Waals surface area contributed by atoms with E-state index in [1.54, 1.807) is 0 Å². The van der Waals surface area contributed by atoms with E-state index in [2.05, 4.69) is 126 Å².